The Balaban J connectivity index is 1.69. The van der Waals surface area contributed by atoms with Gasteiger partial charge in [0.1, 0.15) is 0 Å². The third-order valence-corrected chi connectivity index (χ3v) is 4.11. The molecule has 1 heterocycles. The van der Waals surface area contributed by atoms with Gasteiger partial charge in [-0.3, -0.25) is 9.58 Å². The number of aryl methyl sites for hydroxylation is 1. The molecule has 0 amide bonds. The molecule has 1 aliphatic carbocycles. The Kier molecular flexibility index (Phi) is 3.65. The number of aromatic nitrogens is 2. The second kappa shape index (κ2) is 5.57. The van der Waals surface area contributed by atoms with Crippen molar-refractivity contribution in [1.82, 2.24) is 14.7 Å². The van der Waals surface area contributed by atoms with Crippen LogP contribution in [-0.2, 0) is 13.0 Å². The Morgan fingerprint density at radius 3 is 3.05 bits per heavy atom. The van der Waals surface area contributed by atoms with E-state index in [0.717, 1.165) is 13.1 Å². The molecule has 0 aliphatic heterocycles. The van der Waals surface area contributed by atoms with E-state index in [4.69, 9.17) is 0 Å². The van der Waals surface area contributed by atoms with Crippen molar-refractivity contribution in [2.24, 2.45) is 0 Å². The van der Waals surface area contributed by atoms with Crippen LogP contribution in [0, 0.1) is 0 Å². The smallest absolute Gasteiger partial charge is 0.0536 e. The second-order valence-corrected chi connectivity index (χ2v) is 5.36. The van der Waals surface area contributed by atoms with Gasteiger partial charge < -0.3 is 0 Å². The molecule has 0 saturated heterocycles. The van der Waals surface area contributed by atoms with E-state index < -0.39 is 0 Å². The predicted octanol–water partition coefficient (Wildman–Crippen LogP) is 2.89. The number of likely N-dealkylation sites (N-methyl/N-ethyl adjacent to an activating group) is 1. The molecule has 19 heavy (non-hydrogen) atoms. The highest BCUT2D eigenvalue weighted by Crippen LogP contribution is 2.33. The van der Waals surface area contributed by atoms with Gasteiger partial charge in [0, 0.05) is 25.0 Å². The van der Waals surface area contributed by atoms with Gasteiger partial charge in [-0.05, 0) is 43.5 Å². The number of fused-ring (bicyclic) bond motifs is 1. The van der Waals surface area contributed by atoms with Crippen molar-refractivity contribution >= 4 is 0 Å². The number of benzene rings is 1. The van der Waals surface area contributed by atoms with Gasteiger partial charge in [0.15, 0.2) is 0 Å². The van der Waals surface area contributed by atoms with Crippen LogP contribution >= 0.6 is 0 Å². The molecule has 1 aliphatic rings. The summed E-state index contributed by atoms with van der Waals surface area (Å²) in [7, 11) is 2.23. The fourth-order valence-corrected chi connectivity index (χ4v) is 3.03. The van der Waals surface area contributed by atoms with Crippen LogP contribution in [0.25, 0.3) is 0 Å². The minimum absolute atomic E-state index is 0.570. The average molecular weight is 255 g/mol. The summed E-state index contributed by atoms with van der Waals surface area (Å²) in [6.45, 7) is 2.00. The van der Waals surface area contributed by atoms with Crippen LogP contribution < -0.4 is 0 Å². The molecule has 0 bridgehead atoms. The molecular weight excluding hydrogens is 234 g/mol. The van der Waals surface area contributed by atoms with Gasteiger partial charge in [-0.25, -0.2) is 0 Å². The lowest BCUT2D eigenvalue weighted by Crippen LogP contribution is -2.30. The van der Waals surface area contributed by atoms with Crippen LogP contribution in [0.4, 0.5) is 0 Å². The van der Waals surface area contributed by atoms with Crippen LogP contribution in [0.5, 0.6) is 0 Å². The molecule has 0 spiro atoms. The van der Waals surface area contributed by atoms with Gasteiger partial charge in [0.2, 0.25) is 0 Å². The fraction of sp³-hybridized carbons (Fsp3) is 0.438. The van der Waals surface area contributed by atoms with E-state index in [2.05, 4.69) is 41.3 Å². The lowest BCUT2D eigenvalue weighted by molar-refractivity contribution is 0.211. The standard InChI is InChI=1S/C16H21N3/c1-18(12-13-19-11-5-10-17-19)16-9-4-7-14-6-2-3-8-15(14)16/h2-3,5-6,8,10-11,16H,4,7,9,12-13H2,1H3/t16-/m0/s1. The summed E-state index contributed by atoms with van der Waals surface area (Å²) in [6.07, 6.45) is 7.68. The Morgan fingerprint density at radius 1 is 1.32 bits per heavy atom. The molecule has 3 rings (SSSR count). The first-order valence-electron chi connectivity index (χ1n) is 7.10. The molecule has 0 saturated carbocycles. The summed E-state index contributed by atoms with van der Waals surface area (Å²) in [6, 6.07) is 11.5. The van der Waals surface area contributed by atoms with Gasteiger partial charge in [-0.2, -0.15) is 5.10 Å². The van der Waals surface area contributed by atoms with E-state index in [1.54, 1.807) is 0 Å². The van der Waals surface area contributed by atoms with Crippen molar-refractivity contribution in [2.45, 2.75) is 31.8 Å². The molecule has 3 heteroatoms. The van der Waals surface area contributed by atoms with Crippen LogP contribution in [0.15, 0.2) is 42.7 Å². The van der Waals surface area contributed by atoms with E-state index in [-0.39, 0.29) is 0 Å². The van der Waals surface area contributed by atoms with Crippen LogP contribution in [0.2, 0.25) is 0 Å². The SMILES string of the molecule is CN(CCn1cccn1)[C@H]1CCCc2ccccc21. The lowest BCUT2D eigenvalue weighted by Gasteiger charge is -2.33. The number of hydrogen-bond donors (Lipinski definition) is 0. The van der Waals surface area contributed by atoms with Gasteiger partial charge in [-0.15, -0.1) is 0 Å². The monoisotopic (exact) mass is 255 g/mol. The minimum atomic E-state index is 0.570. The topological polar surface area (TPSA) is 21.1 Å². The summed E-state index contributed by atoms with van der Waals surface area (Å²) < 4.78 is 2.01. The summed E-state index contributed by atoms with van der Waals surface area (Å²) >= 11 is 0. The maximum absolute atomic E-state index is 4.27. The van der Waals surface area contributed by atoms with Crippen molar-refractivity contribution < 1.29 is 0 Å². The quantitative estimate of drug-likeness (QED) is 0.837. The molecule has 0 unspecified atom stereocenters. The Bertz CT molecular complexity index is 519. The third-order valence-electron chi connectivity index (χ3n) is 4.11. The first kappa shape index (κ1) is 12.4. The molecule has 1 aromatic heterocycles. The van der Waals surface area contributed by atoms with Crippen molar-refractivity contribution in [3.05, 3.63) is 53.9 Å². The summed E-state index contributed by atoms with van der Waals surface area (Å²) in [5.74, 6) is 0. The molecular formula is C16H21N3. The Labute approximate surface area is 114 Å². The molecule has 3 nitrogen and oxygen atoms in total. The van der Waals surface area contributed by atoms with E-state index in [0.29, 0.717) is 6.04 Å². The fourth-order valence-electron chi connectivity index (χ4n) is 3.03. The molecule has 100 valence electrons. The largest absolute Gasteiger partial charge is 0.298 e. The zero-order chi connectivity index (χ0) is 13.1. The number of nitrogens with zero attached hydrogens (tertiary/aromatic N) is 3. The Hall–Kier alpha value is -1.61. The maximum Gasteiger partial charge on any atom is 0.0536 e. The summed E-state index contributed by atoms with van der Waals surface area (Å²) in [5.41, 5.74) is 3.06. The van der Waals surface area contributed by atoms with Crippen molar-refractivity contribution in [3.8, 4) is 0 Å². The summed E-state index contributed by atoms with van der Waals surface area (Å²) in [5, 5.41) is 4.27. The van der Waals surface area contributed by atoms with E-state index in [1.165, 1.54) is 30.4 Å². The number of rotatable bonds is 4. The van der Waals surface area contributed by atoms with Crippen LogP contribution in [0.3, 0.4) is 0 Å². The highest BCUT2D eigenvalue weighted by molar-refractivity contribution is 5.32. The molecule has 1 atom stereocenters. The highest BCUT2D eigenvalue weighted by Gasteiger charge is 2.22. The van der Waals surface area contributed by atoms with E-state index in [9.17, 15) is 0 Å². The zero-order valence-corrected chi connectivity index (χ0v) is 11.5. The van der Waals surface area contributed by atoms with Gasteiger partial charge in [0.05, 0.1) is 6.54 Å². The third kappa shape index (κ3) is 2.71. The van der Waals surface area contributed by atoms with Gasteiger partial charge in [0.25, 0.3) is 0 Å². The van der Waals surface area contributed by atoms with Crippen molar-refractivity contribution in [3.63, 3.8) is 0 Å². The van der Waals surface area contributed by atoms with Crippen LogP contribution in [-0.4, -0.2) is 28.3 Å². The first-order valence-corrected chi connectivity index (χ1v) is 7.10. The summed E-state index contributed by atoms with van der Waals surface area (Å²) in [4.78, 5) is 2.47. The van der Waals surface area contributed by atoms with E-state index in [1.807, 2.05) is 23.1 Å². The van der Waals surface area contributed by atoms with Crippen molar-refractivity contribution in [1.29, 1.82) is 0 Å². The molecule has 1 aromatic carbocycles. The zero-order valence-electron chi connectivity index (χ0n) is 11.5. The van der Waals surface area contributed by atoms with Crippen LogP contribution in [0.1, 0.15) is 30.0 Å². The molecule has 2 aromatic rings. The predicted molar refractivity (Wildman–Crippen MR) is 77.0 cm³/mol. The Morgan fingerprint density at radius 2 is 2.21 bits per heavy atom. The van der Waals surface area contributed by atoms with Gasteiger partial charge >= 0.3 is 0 Å². The number of hydrogen-bond acceptors (Lipinski definition) is 2. The molecule has 0 radical (unpaired) electrons. The normalized spacial score (nSPS) is 18.5. The average Bonchev–Trinajstić information content (AvgIpc) is 2.97. The minimum Gasteiger partial charge on any atom is -0.298 e. The first-order chi connectivity index (χ1) is 9.34. The highest BCUT2D eigenvalue weighted by atomic mass is 15.3. The second-order valence-electron chi connectivity index (χ2n) is 5.36. The van der Waals surface area contributed by atoms with E-state index >= 15 is 0 Å². The molecule has 0 N–H and O–H groups in total. The maximum atomic E-state index is 4.27. The van der Waals surface area contributed by atoms with Gasteiger partial charge in [-0.1, -0.05) is 24.3 Å². The van der Waals surface area contributed by atoms with Crippen molar-refractivity contribution in [2.75, 3.05) is 13.6 Å². The molecule has 0 fully saturated rings. The lowest BCUT2D eigenvalue weighted by atomic mass is 9.87.